The predicted molar refractivity (Wildman–Crippen MR) is 50.6 cm³/mol. The Labute approximate surface area is 79.8 Å². The van der Waals surface area contributed by atoms with Gasteiger partial charge in [-0.25, -0.2) is 6.57 Å². The van der Waals surface area contributed by atoms with Gasteiger partial charge in [0.1, 0.15) is 0 Å². The van der Waals surface area contributed by atoms with Crippen molar-refractivity contribution in [2.75, 3.05) is 6.54 Å². The van der Waals surface area contributed by atoms with Crippen LogP contribution >= 0.6 is 15.9 Å². The molecule has 0 bridgehead atoms. The van der Waals surface area contributed by atoms with Crippen LogP contribution < -0.4 is 0 Å². The molecule has 0 radical (unpaired) electrons. The van der Waals surface area contributed by atoms with Gasteiger partial charge in [-0.1, -0.05) is 28.1 Å². The summed E-state index contributed by atoms with van der Waals surface area (Å²) in [7, 11) is 0. The van der Waals surface area contributed by atoms with Gasteiger partial charge in [0.15, 0.2) is 6.10 Å². The van der Waals surface area contributed by atoms with Crippen molar-refractivity contribution >= 4 is 15.9 Å². The van der Waals surface area contributed by atoms with Crippen molar-refractivity contribution in [1.29, 1.82) is 0 Å². The smallest absolute Gasteiger partial charge is 0.244 e. The van der Waals surface area contributed by atoms with E-state index in [1.54, 1.807) is 12.1 Å². The Morgan fingerprint density at radius 3 is 2.50 bits per heavy atom. The second kappa shape index (κ2) is 4.24. The van der Waals surface area contributed by atoms with Gasteiger partial charge in [0.2, 0.25) is 6.54 Å². The summed E-state index contributed by atoms with van der Waals surface area (Å²) in [6.45, 7) is 6.71. The Morgan fingerprint density at radius 1 is 1.42 bits per heavy atom. The topological polar surface area (TPSA) is 24.6 Å². The molecule has 0 aromatic heterocycles. The van der Waals surface area contributed by atoms with Crippen LogP contribution in [-0.4, -0.2) is 11.7 Å². The Balaban J connectivity index is 2.76. The highest BCUT2D eigenvalue weighted by molar-refractivity contribution is 9.10. The monoisotopic (exact) mass is 225 g/mol. The molecule has 2 nitrogen and oxygen atoms in total. The number of hydrogen-bond donors (Lipinski definition) is 1. The van der Waals surface area contributed by atoms with E-state index in [4.69, 9.17) is 6.57 Å². The van der Waals surface area contributed by atoms with Crippen molar-refractivity contribution in [2.45, 2.75) is 6.10 Å². The van der Waals surface area contributed by atoms with Gasteiger partial charge < -0.3 is 9.95 Å². The number of hydrogen-bond acceptors (Lipinski definition) is 1. The molecular weight excluding hydrogens is 218 g/mol. The zero-order valence-electron chi connectivity index (χ0n) is 6.37. The Kier molecular flexibility index (Phi) is 3.27. The summed E-state index contributed by atoms with van der Waals surface area (Å²) in [5.41, 5.74) is 0.786. The molecular formula is C9H8BrNO. The maximum Gasteiger partial charge on any atom is 0.244 e. The minimum Gasteiger partial charge on any atom is -0.381 e. The number of benzene rings is 1. The minimum absolute atomic E-state index is 0.127. The zero-order chi connectivity index (χ0) is 8.97. The molecule has 0 heterocycles. The number of nitrogens with zero attached hydrogens (tertiary/aromatic N) is 1. The lowest BCUT2D eigenvalue weighted by atomic mass is 10.1. The van der Waals surface area contributed by atoms with E-state index in [-0.39, 0.29) is 6.54 Å². The number of rotatable bonds is 2. The fourth-order valence-corrected chi connectivity index (χ4v) is 1.14. The first-order valence-corrected chi connectivity index (χ1v) is 4.30. The minimum atomic E-state index is -0.657. The lowest BCUT2D eigenvalue weighted by Crippen LogP contribution is -1.99. The summed E-state index contributed by atoms with van der Waals surface area (Å²) in [6.07, 6.45) is -0.657. The maximum absolute atomic E-state index is 9.38. The fourth-order valence-electron chi connectivity index (χ4n) is 0.877. The quantitative estimate of drug-likeness (QED) is 0.769. The third-order valence-electron chi connectivity index (χ3n) is 1.52. The average molecular weight is 226 g/mol. The highest BCUT2D eigenvalue weighted by Gasteiger charge is 2.08. The molecule has 1 N–H and O–H groups in total. The summed E-state index contributed by atoms with van der Waals surface area (Å²) in [6, 6.07) is 7.31. The number of halogens is 1. The van der Waals surface area contributed by atoms with Crippen molar-refractivity contribution in [3.63, 3.8) is 0 Å². The van der Waals surface area contributed by atoms with Crippen molar-refractivity contribution in [3.05, 3.63) is 45.7 Å². The van der Waals surface area contributed by atoms with Gasteiger partial charge >= 0.3 is 0 Å². The van der Waals surface area contributed by atoms with E-state index in [2.05, 4.69) is 20.8 Å². The Hall–Kier alpha value is -0.850. The second-order valence-corrected chi connectivity index (χ2v) is 3.32. The van der Waals surface area contributed by atoms with Crippen molar-refractivity contribution < 1.29 is 5.11 Å². The van der Waals surface area contributed by atoms with Gasteiger partial charge in [-0.15, -0.1) is 0 Å². The van der Waals surface area contributed by atoms with Crippen LogP contribution in [0.25, 0.3) is 4.85 Å². The van der Waals surface area contributed by atoms with Gasteiger partial charge in [0, 0.05) is 4.47 Å². The SMILES string of the molecule is [C-]#[N+]CC(O)c1ccc(Br)cc1. The first-order chi connectivity index (χ1) is 5.74. The van der Waals surface area contributed by atoms with Crippen LogP contribution in [0, 0.1) is 6.57 Å². The van der Waals surface area contributed by atoms with E-state index in [0.717, 1.165) is 10.0 Å². The molecule has 0 saturated heterocycles. The standard InChI is InChI=1S/C9H8BrNO/c1-11-6-9(12)7-2-4-8(10)5-3-7/h2-5,9,12H,6H2. The van der Waals surface area contributed by atoms with E-state index in [1.165, 1.54) is 0 Å². The van der Waals surface area contributed by atoms with Crippen LogP contribution in [0.1, 0.15) is 11.7 Å². The van der Waals surface area contributed by atoms with Crippen LogP contribution in [0.2, 0.25) is 0 Å². The van der Waals surface area contributed by atoms with Crippen LogP contribution in [0.15, 0.2) is 28.7 Å². The van der Waals surface area contributed by atoms with E-state index >= 15 is 0 Å². The maximum atomic E-state index is 9.38. The molecule has 1 aromatic carbocycles. The fraction of sp³-hybridized carbons (Fsp3) is 0.222. The lowest BCUT2D eigenvalue weighted by Gasteiger charge is -2.03. The number of aliphatic hydroxyl groups excluding tert-OH is 1. The molecule has 0 spiro atoms. The predicted octanol–water partition coefficient (Wildman–Crippen LogP) is 2.40. The van der Waals surface area contributed by atoms with E-state index in [9.17, 15) is 5.11 Å². The summed E-state index contributed by atoms with van der Waals surface area (Å²) in [5.74, 6) is 0. The lowest BCUT2D eigenvalue weighted by molar-refractivity contribution is 0.195. The normalized spacial score (nSPS) is 12.1. The third-order valence-corrected chi connectivity index (χ3v) is 2.05. The van der Waals surface area contributed by atoms with Gasteiger partial charge in [-0.3, -0.25) is 0 Å². The molecule has 0 amide bonds. The molecule has 12 heavy (non-hydrogen) atoms. The highest BCUT2D eigenvalue weighted by atomic mass is 79.9. The summed E-state index contributed by atoms with van der Waals surface area (Å²) < 4.78 is 0.973. The van der Waals surface area contributed by atoms with Gasteiger partial charge in [0.05, 0.1) is 0 Å². The molecule has 1 aromatic rings. The van der Waals surface area contributed by atoms with Crippen LogP contribution in [-0.2, 0) is 0 Å². The van der Waals surface area contributed by atoms with Crippen LogP contribution in [0.5, 0.6) is 0 Å². The highest BCUT2D eigenvalue weighted by Crippen LogP contribution is 2.16. The van der Waals surface area contributed by atoms with E-state index in [0.29, 0.717) is 0 Å². The van der Waals surface area contributed by atoms with Gasteiger partial charge in [-0.2, -0.15) is 0 Å². The average Bonchev–Trinajstić information content (AvgIpc) is 2.06. The molecule has 0 aliphatic rings. The third kappa shape index (κ3) is 2.33. The van der Waals surface area contributed by atoms with E-state index < -0.39 is 6.10 Å². The molecule has 0 fully saturated rings. The molecule has 3 heteroatoms. The zero-order valence-corrected chi connectivity index (χ0v) is 7.95. The Bertz CT molecular complexity index is 288. The van der Waals surface area contributed by atoms with E-state index in [1.807, 2.05) is 12.1 Å². The summed E-state index contributed by atoms with van der Waals surface area (Å²) in [5, 5.41) is 9.38. The molecule has 1 rings (SSSR count). The first-order valence-electron chi connectivity index (χ1n) is 3.51. The van der Waals surface area contributed by atoms with Crippen molar-refractivity contribution in [3.8, 4) is 0 Å². The molecule has 0 aliphatic carbocycles. The van der Waals surface area contributed by atoms with Crippen LogP contribution in [0.3, 0.4) is 0 Å². The number of aliphatic hydroxyl groups is 1. The first kappa shape index (κ1) is 9.24. The molecule has 62 valence electrons. The van der Waals surface area contributed by atoms with Crippen molar-refractivity contribution in [2.24, 2.45) is 0 Å². The largest absolute Gasteiger partial charge is 0.381 e. The van der Waals surface area contributed by atoms with Gasteiger partial charge in [-0.05, 0) is 17.7 Å². The summed E-state index contributed by atoms with van der Waals surface area (Å²) in [4.78, 5) is 3.12. The Morgan fingerprint density at radius 2 is 2.00 bits per heavy atom. The molecule has 1 atom stereocenters. The second-order valence-electron chi connectivity index (χ2n) is 2.41. The summed E-state index contributed by atoms with van der Waals surface area (Å²) >= 11 is 3.29. The van der Waals surface area contributed by atoms with Crippen molar-refractivity contribution in [1.82, 2.24) is 0 Å². The molecule has 1 unspecified atom stereocenters. The van der Waals surface area contributed by atoms with Gasteiger partial charge in [0.25, 0.3) is 0 Å². The van der Waals surface area contributed by atoms with Crippen LogP contribution in [0.4, 0.5) is 0 Å². The molecule has 0 saturated carbocycles. The molecule has 0 aliphatic heterocycles.